The summed E-state index contributed by atoms with van der Waals surface area (Å²) >= 11 is 6.11. The van der Waals surface area contributed by atoms with E-state index in [1.807, 2.05) is 29.9 Å². The SMILES string of the molecule is CCCn1cc2c(C3C(=O)Cc4ccc(C)cc43)nc(Cl)nc2n1. The summed E-state index contributed by atoms with van der Waals surface area (Å²) in [5.41, 5.74) is 4.44. The molecule has 0 N–H and O–H groups in total. The second-order valence-electron chi connectivity index (χ2n) is 6.29. The van der Waals surface area contributed by atoms with Crippen molar-refractivity contribution >= 4 is 28.4 Å². The molecule has 2 aromatic heterocycles. The fourth-order valence-electron chi connectivity index (χ4n) is 3.42. The maximum atomic E-state index is 12.7. The lowest BCUT2D eigenvalue weighted by atomic mass is 9.94. The van der Waals surface area contributed by atoms with Gasteiger partial charge < -0.3 is 0 Å². The Kier molecular flexibility index (Phi) is 3.61. The van der Waals surface area contributed by atoms with Gasteiger partial charge in [-0.05, 0) is 36.1 Å². The molecule has 0 amide bonds. The Morgan fingerprint density at radius 2 is 2.17 bits per heavy atom. The van der Waals surface area contributed by atoms with Gasteiger partial charge in [0.15, 0.2) is 11.4 Å². The minimum atomic E-state index is -0.387. The first kappa shape index (κ1) is 15.3. The fraction of sp³-hybridized carbons (Fsp3) is 0.333. The lowest BCUT2D eigenvalue weighted by Gasteiger charge is -2.11. The molecule has 24 heavy (non-hydrogen) atoms. The predicted molar refractivity (Wildman–Crippen MR) is 92.4 cm³/mol. The summed E-state index contributed by atoms with van der Waals surface area (Å²) in [7, 11) is 0. The standard InChI is InChI=1S/C18H17ClN4O/c1-3-6-23-9-13-16(20-18(19)21-17(13)22-23)15-12-7-10(2)4-5-11(12)8-14(15)24/h4-5,7,9,15H,3,6,8H2,1-2H3. The highest BCUT2D eigenvalue weighted by molar-refractivity contribution is 6.28. The molecule has 1 aliphatic rings. The minimum Gasteiger partial charge on any atom is -0.298 e. The van der Waals surface area contributed by atoms with Crippen LogP contribution in [0.3, 0.4) is 0 Å². The fourth-order valence-corrected chi connectivity index (χ4v) is 3.59. The van der Waals surface area contributed by atoms with Crippen molar-refractivity contribution in [3.8, 4) is 0 Å². The molecule has 0 spiro atoms. The molecule has 122 valence electrons. The third-order valence-corrected chi connectivity index (χ3v) is 4.62. The Balaban J connectivity index is 1.93. The Morgan fingerprint density at radius 1 is 1.33 bits per heavy atom. The van der Waals surface area contributed by atoms with E-state index in [9.17, 15) is 4.79 Å². The maximum absolute atomic E-state index is 12.7. The highest BCUT2D eigenvalue weighted by atomic mass is 35.5. The normalized spacial score (nSPS) is 16.8. The van der Waals surface area contributed by atoms with Crippen molar-refractivity contribution in [2.45, 2.75) is 39.2 Å². The van der Waals surface area contributed by atoms with Crippen LogP contribution in [0.4, 0.5) is 0 Å². The number of aryl methyl sites for hydroxylation is 2. The zero-order valence-corrected chi connectivity index (χ0v) is 14.3. The number of fused-ring (bicyclic) bond motifs is 2. The monoisotopic (exact) mass is 340 g/mol. The topological polar surface area (TPSA) is 60.7 Å². The second-order valence-corrected chi connectivity index (χ2v) is 6.62. The van der Waals surface area contributed by atoms with E-state index in [-0.39, 0.29) is 17.0 Å². The number of ketones is 1. The molecule has 1 aliphatic carbocycles. The van der Waals surface area contributed by atoms with Crippen LogP contribution in [0.2, 0.25) is 5.28 Å². The average molecular weight is 341 g/mol. The number of benzene rings is 1. The van der Waals surface area contributed by atoms with Gasteiger partial charge in [0.05, 0.1) is 17.0 Å². The summed E-state index contributed by atoms with van der Waals surface area (Å²) in [4.78, 5) is 21.3. The van der Waals surface area contributed by atoms with E-state index < -0.39 is 0 Å². The van der Waals surface area contributed by atoms with Gasteiger partial charge in [-0.1, -0.05) is 30.7 Å². The third-order valence-electron chi connectivity index (χ3n) is 4.45. The number of halogens is 1. The largest absolute Gasteiger partial charge is 0.298 e. The molecule has 1 unspecified atom stereocenters. The molecule has 1 aromatic carbocycles. The van der Waals surface area contributed by atoms with Crippen molar-refractivity contribution in [3.63, 3.8) is 0 Å². The van der Waals surface area contributed by atoms with Crippen LogP contribution in [0.15, 0.2) is 24.4 Å². The van der Waals surface area contributed by atoms with E-state index >= 15 is 0 Å². The number of hydrogen-bond donors (Lipinski definition) is 0. The Morgan fingerprint density at radius 3 is 2.96 bits per heavy atom. The van der Waals surface area contributed by atoms with Crippen LogP contribution in [-0.2, 0) is 17.8 Å². The first-order valence-corrected chi connectivity index (χ1v) is 8.47. The van der Waals surface area contributed by atoms with Gasteiger partial charge in [-0.2, -0.15) is 10.1 Å². The van der Waals surface area contributed by atoms with E-state index in [1.54, 1.807) is 0 Å². The van der Waals surface area contributed by atoms with Gasteiger partial charge in [-0.15, -0.1) is 0 Å². The first-order chi connectivity index (χ1) is 11.6. The first-order valence-electron chi connectivity index (χ1n) is 8.09. The lowest BCUT2D eigenvalue weighted by Crippen LogP contribution is -2.11. The predicted octanol–water partition coefficient (Wildman–Crippen LogP) is 3.46. The van der Waals surface area contributed by atoms with Crippen molar-refractivity contribution < 1.29 is 4.79 Å². The number of nitrogens with zero attached hydrogens (tertiary/aromatic N) is 4. The van der Waals surface area contributed by atoms with Gasteiger partial charge >= 0.3 is 0 Å². The summed E-state index contributed by atoms with van der Waals surface area (Å²) in [5.74, 6) is -0.239. The molecule has 0 bridgehead atoms. The Hall–Kier alpha value is -2.27. The highest BCUT2D eigenvalue weighted by Crippen LogP contribution is 2.38. The van der Waals surface area contributed by atoms with Crippen LogP contribution in [0, 0.1) is 6.92 Å². The van der Waals surface area contributed by atoms with Crippen LogP contribution in [0.1, 0.15) is 41.6 Å². The minimum absolute atomic E-state index is 0.133. The van der Waals surface area contributed by atoms with Gasteiger partial charge in [0.25, 0.3) is 0 Å². The van der Waals surface area contributed by atoms with Gasteiger partial charge in [0.1, 0.15) is 0 Å². The molecule has 0 radical (unpaired) electrons. The number of hydrogen-bond acceptors (Lipinski definition) is 4. The number of rotatable bonds is 3. The molecule has 1 atom stereocenters. The summed E-state index contributed by atoms with van der Waals surface area (Å²) < 4.78 is 1.84. The van der Waals surface area contributed by atoms with Crippen molar-refractivity contribution in [1.29, 1.82) is 0 Å². The number of carbonyl (C=O) groups is 1. The molecule has 0 saturated heterocycles. The summed E-state index contributed by atoms with van der Waals surface area (Å²) in [5, 5.41) is 5.40. The highest BCUT2D eigenvalue weighted by Gasteiger charge is 2.35. The second kappa shape index (κ2) is 5.67. The van der Waals surface area contributed by atoms with Gasteiger partial charge in [0.2, 0.25) is 5.28 Å². The quantitative estimate of drug-likeness (QED) is 0.685. The number of carbonyl (C=O) groups excluding carboxylic acids is 1. The molecule has 2 heterocycles. The van der Waals surface area contributed by atoms with E-state index in [1.165, 1.54) is 0 Å². The van der Waals surface area contributed by atoms with Gasteiger partial charge in [-0.25, -0.2) is 4.98 Å². The zero-order valence-electron chi connectivity index (χ0n) is 13.6. The average Bonchev–Trinajstić information content (AvgIpc) is 3.06. The Labute approximate surface area is 144 Å². The molecular weight excluding hydrogens is 324 g/mol. The third kappa shape index (κ3) is 2.40. The molecule has 5 nitrogen and oxygen atoms in total. The molecule has 3 aromatic rings. The van der Waals surface area contributed by atoms with Crippen LogP contribution in [0.5, 0.6) is 0 Å². The molecule has 0 aliphatic heterocycles. The summed E-state index contributed by atoms with van der Waals surface area (Å²) in [6.45, 7) is 4.91. The Bertz CT molecular complexity index is 963. The number of Topliss-reactive ketones (excluding diaryl/α,β-unsaturated/α-hetero) is 1. The van der Waals surface area contributed by atoms with Crippen LogP contribution >= 0.6 is 11.6 Å². The van der Waals surface area contributed by atoms with E-state index in [0.29, 0.717) is 17.8 Å². The molecule has 6 heteroatoms. The zero-order chi connectivity index (χ0) is 16.8. The lowest BCUT2D eigenvalue weighted by molar-refractivity contribution is -0.118. The van der Waals surface area contributed by atoms with E-state index in [2.05, 4.69) is 28.1 Å². The number of aromatic nitrogens is 4. The van der Waals surface area contributed by atoms with Crippen LogP contribution in [-0.4, -0.2) is 25.5 Å². The van der Waals surface area contributed by atoms with E-state index in [0.717, 1.165) is 35.0 Å². The van der Waals surface area contributed by atoms with Crippen molar-refractivity contribution in [2.24, 2.45) is 0 Å². The summed E-state index contributed by atoms with van der Waals surface area (Å²) in [6, 6.07) is 6.14. The molecule has 4 rings (SSSR count). The maximum Gasteiger partial charge on any atom is 0.224 e. The summed E-state index contributed by atoms with van der Waals surface area (Å²) in [6.07, 6.45) is 3.33. The van der Waals surface area contributed by atoms with Crippen molar-refractivity contribution in [3.05, 3.63) is 52.1 Å². The van der Waals surface area contributed by atoms with Crippen LogP contribution in [0.25, 0.3) is 11.0 Å². The van der Waals surface area contributed by atoms with E-state index in [4.69, 9.17) is 11.6 Å². The van der Waals surface area contributed by atoms with Crippen LogP contribution < -0.4 is 0 Å². The van der Waals surface area contributed by atoms with Gasteiger partial charge in [0, 0.05) is 19.2 Å². The van der Waals surface area contributed by atoms with Gasteiger partial charge in [-0.3, -0.25) is 9.48 Å². The van der Waals surface area contributed by atoms with Crippen molar-refractivity contribution in [2.75, 3.05) is 0 Å². The molecule has 0 saturated carbocycles. The molecular formula is C18H17ClN4O. The smallest absolute Gasteiger partial charge is 0.224 e. The molecule has 0 fully saturated rings. The van der Waals surface area contributed by atoms with Crippen molar-refractivity contribution in [1.82, 2.24) is 19.7 Å².